The van der Waals surface area contributed by atoms with Crippen LogP contribution in [-0.2, 0) is 4.74 Å². The van der Waals surface area contributed by atoms with Crippen molar-refractivity contribution in [1.82, 2.24) is 9.80 Å². The summed E-state index contributed by atoms with van der Waals surface area (Å²) in [6.45, 7) is 3.35. The number of nitrogens with zero attached hydrogens (tertiary/aromatic N) is 2. The molecule has 0 N–H and O–H groups in total. The van der Waals surface area contributed by atoms with E-state index >= 15 is 0 Å². The van der Waals surface area contributed by atoms with Gasteiger partial charge in [0.15, 0.2) is 0 Å². The summed E-state index contributed by atoms with van der Waals surface area (Å²) in [5.41, 5.74) is 0. The van der Waals surface area contributed by atoms with Crippen molar-refractivity contribution in [3.8, 4) is 0 Å². The number of epoxide rings is 1. The summed E-state index contributed by atoms with van der Waals surface area (Å²) in [7, 11) is 0. The predicted octanol–water partition coefficient (Wildman–Crippen LogP) is 0.565. The lowest BCUT2D eigenvalue weighted by Crippen LogP contribution is -2.49. The maximum Gasteiger partial charge on any atom is 0.401 e. The zero-order chi connectivity index (χ0) is 10.9. The molecule has 0 aromatic heterocycles. The van der Waals surface area contributed by atoms with Crippen LogP contribution in [0.2, 0.25) is 0 Å². The van der Waals surface area contributed by atoms with Gasteiger partial charge in [0.05, 0.1) is 19.3 Å². The molecule has 0 aromatic rings. The molecule has 2 fully saturated rings. The maximum absolute atomic E-state index is 12.1. The van der Waals surface area contributed by atoms with Crippen LogP contribution < -0.4 is 0 Å². The minimum Gasteiger partial charge on any atom is -0.372 e. The normalized spacial score (nSPS) is 29.4. The van der Waals surface area contributed by atoms with Gasteiger partial charge in [-0.15, -0.1) is 0 Å². The van der Waals surface area contributed by atoms with E-state index in [2.05, 4.69) is 4.90 Å². The second-order valence-electron chi connectivity index (χ2n) is 4.15. The van der Waals surface area contributed by atoms with Crippen molar-refractivity contribution in [2.75, 3.05) is 45.9 Å². The van der Waals surface area contributed by atoms with Crippen LogP contribution in [0.25, 0.3) is 0 Å². The van der Waals surface area contributed by atoms with Gasteiger partial charge < -0.3 is 4.74 Å². The van der Waals surface area contributed by atoms with Crippen molar-refractivity contribution in [1.29, 1.82) is 0 Å². The van der Waals surface area contributed by atoms with Gasteiger partial charge in [-0.3, -0.25) is 9.80 Å². The highest BCUT2D eigenvalue weighted by Gasteiger charge is 2.33. The van der Waals surface area contributed by atoms with E-state index in [1.807, 2.05) is 0 Å². The van der Waals surface area contributed by atoms with Crippen LogP contribution in [-0.4, -0.2) is 68.0 Å². The van der Waals surface area contributed by atoms with Crippen molar-refractivity contribution in [3.63, 3.8) is 0 Å². The van der Waals surface area contributed by atoms with Gasteiger partial charge >= 0.3 is 6.18 Å². The Labute approximate surface area is 86.8 Å². The first-order valence-electron chi connectivity index (χ1n) is 5.16. The lowest BCUT2D eigenvalue weighted by Gasteiger charge is -2.34. The van der Waals surface area contributed by atoms with Crippen LogP contribution >= 0.6 is 0 Å². The molecule has 0 radical (unpaired) electrons. The number of ether oxygens (including phenoxy) is 1. The van der Waals surface area contributed by atoms with Crippen LogP contribution in [0.15, 0.2) is 0 Å². The van der Waals surface area contributed by atoms with Gasteiger partial charge in [0.1, 0.15) is 0 Å². The SMILES string of the molecule is FC(F)(F)CN1CCN(CC2CO2)CC1. The summed E-state index contributed by atoms with van der Waals surface area (Å²) in [5.74, 6) is 0. The van der Waals surface area contributed by atoms with E-state index in [1.54, 1.807) is 0 Å². The number of piperazine rings is 1. The molecule has 1 unspecified atom stereocenters. The monoisotopic (exact) mass is 224 g/mol. The molecule has 88 valence electrons. The number of halogens is 3. The highest BCUT2D eigenvalue weighted by molar-refractivity contribution is 4.79. The molecule has 6 heteroatoms. The van der Waals surface area contributed by atoms with Crippen molar-refractivity contribution in [2.45, 2.75) is 12.3 Å². The fraction of sp³-hybridized carbons (Fsp3) is 1.00. The fourth-order valence-electron chi connectivity index (χ4n) is 1.84. The first-order valence-corrected chi connectivity index (χ1v) is 5.16. The Morgan fingerprint density at radius 1 is 1.07 bits per heavy atom. The number of alkyl halides is 3. The average Bonchev–Trinajstić information content (AvgIpc) is 2.90. The molecule has 0 saturated carbocycles. The molecule has 15 heavy (non-hydrogen) atoms. The molecule has 2 aliphatic heterocycles. The zero-order valence-electron chi connectivity index (χ0n) is 8.46. The molecule has 3 nitrogen and oxygen atoms in total. The van der Waals surface area contributed by atoms with Gasteiger partial charge in [-0.25, -0.2) is 0 Å². The summed E-state index contributed by atoms with van der Waals surface area (Å²) in [6.07, 6.45) is -3.74. The second kappa shape index (κ2) is 4.27. The van der Waals surface area contributed by atoms with Crippen molar-refractivity contribution in [2.24, 2.45) is 0 Å². The largest absolute Gasteiger partial charge is 0.401 e. The van der Waals surface area contributed by atoms with Crippen LogP contribution in [0, 0.1) is 0 Å². The van der Waals surface area contributed by atoms with Crippen LogP contribution in [0.3, 0.4) is 0 Å². The summed E-state index contributed by atoms with van der Waals surface area (Å²) in [5, 5.41) is 0. The zero-order valence-corrected chi connectivity index (χ0v) is 8.46. The Bertz CT molecular complexity index is 210. The summed E-state index contributed by atoms with van der Waals surface area (Å²) < 4.78 is 41.3. The summed E-state index contributed by atoms with van der Waals surface area (Å²) in [4.78, 5) is 3.63. The Kier molecular flexibility index (Phi) is 3.18. The number of rotatable bonds is 3. The quantitative estimate of drug-likeness (QED) is 0.653. The predicted molar refractivity (Wildman–Crippen MR) is 48.7 cm³/mol. The number of hydrogen-bond acceptors (Lipinski definition) is 3. The summed E-state index contributed by atoms with van der Waals surface area (Å²) in [6, 6.07) is 0. The van der Waals surface area contributed by atoms with Crippen LogP contribution in [0.5, 0.6) is 0 Å². The standard InChI is InChI=1S/C9H15F3N2O/c10-9(11,12)7-14-3-1-13(2-4-14)5-8-6-15-8/h8H,1-7H2. The van der Waals surface area contributed by atoms with Gasteiger partial charge in [0.2, 0.25) is 0 Å². The molecule has 0 spiro atoms. The lowest BCUT2D eigenvalue weighted by molar-refractivity contribution is -0.149. The molecule has 1 atom stereocenters. The Hall–Kier alpha value is -0.330. The molecular formula is C9H15F3N2O. The molecule has 0 bridgehead atoms. The number of hydrogen-bond donors (Lipinski definition) is 0. The fourth-order valence-corrected chi connectivity index (χ4v) is 1.84. The third-order valence-corrected chi connectivity index (χ3v) is 2.73. The van der Waals surface area contributed by atoms with Crippen molar-refractivity contribution >= 4 is 0 Å². The van der Waals surface area contributed by atoms with Gasteiger partial charge in [0, 0.05) is 32.7 Å². The second-order valence-corrected chi connectivity index (χ2v) is 4.15. The molecule has 2 saturated heterocycles. The first-order chi connectivity index (χ1) is 7.03. The lowest BCUT2D eigenvalue weighted by atomic mass is 10.3. The van der Waals surface area contributed by atoms with Gasteiger partial charge in [-0.05, 0) is 0 Å². The molecular weight excluding hydrogens is 209 g/mol. The van der Waals surface area contributed by atoms with E-state index in [-0.39, 0.29) is 0 Å². The highest BCUT2D eigenvalue weighted by Crippen LogP contribution is 2.18. The molecule has 2 rings (SSSR count). The minimum atomic E-state index is -4.07. The van der Waals surface area contributed by atoms with Gasteiger partial charge in [0.25, 0.3) is 0 Å². The van der Waals surface area contributed by atoms with Gasteiger partial charge in [-0.1, -0.05) is 0 Å². The highest BCUT2D eigenvalue weighted by atomic mass is 19.4. The van der Waals surface area contributed by atoms with E-state index in [0.29, 0.717) is 19.2 Å². The topological polar surface area (TPSA) is 19.0 Å². The van der Waals surface area contributed by atoms with Crippen LogP contribution in [0.4, 0.5) is 13.2 Å². The first kappa shape index (κ1) is 11.2. The minimum absolute atomic E-state index is 0.333. The third kappa shape index (κ3) is 3.96. The van der Waals surface area contributed by atoms with E-state index < -0.39 is 12.7 Å². The van der Waals surface area contributed by atoms with E-state index in [9.17, 15) is 13.2 Å². The van der Waals surface area contributed by atoms with Crippen LogP contribution in [0.1, 0.15) is 0 Å². The smallest absolute Gasteiger partial charge is 0.372 e. The molecule has 0 amide bonds. The van der Waals surface area contributed by atoms with Crippen molar-refractivity contribution in [3.05, 3.63) is 0 Å². The summed E-state index contributed by atoms with van der Waals surface area (Å²) >= 11 is 0. The third-order valence-electron chi connectivity index (χ3n) is 2.73. The van der Waals surface area contributed by atoms with E-state index in [4.69, 9.17) is 4.74 Å². The molecule has 2 heterocycles. The van der Waals surface area contributed by atoms with Crippen molar-refractivity contribution < 1.29 is 17.9 Å². The molecule has 0 aliphatic carbocycles. The molecule has 0 aromatic carbocycles. The van der Waals surface area contributed by atoms with Gasteiger partial charge in [-0.2, -0.15) is 13.2 Å². The molecule has 2 aliphatic rings. The van der Waals surface area contributed by atoms with E-state index in [1.165, 1.54) is 4.90 Å². The maximum atomic E-state index is 12.1. The Balaban J connectivity index is 1.67. The average molecular weight is 224 g/mol. The Morgan fingerprint density at radius 3 is 2.07 bits per heavy atom. The van der Waals surface area contributed by atoms with E-state index in [0.717, 1.165) is 26.2 Å². The Morgan fingerprint density at radius 2 is 1.60 bits per heavy atom.